The Bertz CT molecular complexity index is 311. The number of amides is 1. The zero-order valence-corrected chi connectivity index (χ0v) is 13.0. The second-order valence-electron chi connectivity index (χ2n) is 5.88. The Kier molecular flexibility index (Phi) is 6.26. The van der Waals surface area contributed by atoms with Crippen LogP contribution in [0, 0.1) is 0 Å². The lowest BCUT2D eigenvalue weighted by Crippen LogP contribution is -2.54. The summed E-state index contributed by atoms with van der Waals surface area (Å²) >= 11 is 0. The molecule has 2 fully saturated rings. The third-order valence-corrected chi connectivity index (χ3v) is 4.60. The molecule has 0 aromatic heterocycles. The van der Waals surface area contributed by atoms with E-state index < -0.39 is 0 Å². The van der Waals surface area contributed by atoms with E-state index in [1.165, 1.54) is 6.42 Å². The van der Waals surface area contributed by atoms with Crippen molar-refractivity contribution in [1.29, 1.82) is 0 Å². The van der Waals surface area contributed by atoms with Crippen molar-refractivity contribution in [1.82, 2.24) is 14.7 Å². The largest absolute Gasteiger partial charge is 0.383 e. The number of methoxy groups -OCH3 is 1. The summed E-state index contributed by atoms with van der Waals surface area (Å²) in [7, 11) is 1.77. The molecule has 2 heterocycles. The van der Waals surface area contributed by atoms with Crippen LogP contribution in [-0.4, -0.2) is 86.2 Å². The molecule has 5 heteroatoms. The summed E-state index contributed by atoms with van der Waals surface area (Å²) in [5, 5.41) is 0. The van der Waals surface area contributed by atoms with E-state index in [2.05, 4.69) is 16.7 Å². The first-order chi connectivity index (χ1) is 9.74. The monoisotopic (exact) mass is 283 g/mol. The Morgan fingerprint density at radius 3 is 2.70 bits per heavy atom. The van der Waals surface area contributed by atoms with Gasteiger partial charge in [-0.3, -0.25) is 14.6 Å². The van der Waals surface area contributed by atoms with Gasteiger partial charge in [0.2, 0.25) is 5.91 Å². The highest BCUT2D eigenvalue weighted by Crippen LogP contribution is 2.14. The van der Waals surface area contributed by atoms with Crippen LogP contribution >= 0.6 is 0 Å². The van der Waals surface area contributed by atoms with Crippen LogP contribution in [0.1, 0.15) is 26.2 Å². The van der Waals surface area contributed by atoms with Crippen molar-refractivity contribution in [3.05, 3.63) is 0 Å². The summed E-state index contributed by atoms with van der Waals surface area (Å²) in [6.45, 7) is 10.4. The highest BCUT2D eigenvalue weighted by atomic mass is 16.5. The van der Waals surface area contributed by atoms with Gasteiger partial charge >= 0.3 is 0 Å². The fourth-order valence-corrected chi connectivity index (χ4v) is 3.25. The SMILES string of the molecule is CCC1CN(CCN2CCCC2=O)CCN1CCOC. The Morgan fingerprint density at radius 2 is 2.05 bits per heavy atom. The van der Waals surface area contributed by atoms with E-state index in [0.717, 1.165) is 65.3 Å². The first-order valence-corrected chi connectivity index (χ1v) is 7.97. The lowest BCUT2D eigenvalue weighted by atomic mass is 10.1. The molecule has 1 atom stereocenters. The minimum Gasteiger partial charge on any atom is -0.383 e. The molecule has 2 aliphatic heterocycles. The second-order valence-corrected chi connectivity index (χ2v) is 5.88. The smallest absolute Gasteiger partial charge is 0.222 e. The summed E-state index contributed by atoms with van der Waals surface area (Å²) in [5.41, 5.74) is 0. The molecule has 5 nitrogen and oxygen atoms in total. The van der Waals surface area contributed by atoms with Gasteiger partial charge in [-0.05, 0) is 12.8 Å². The van der Waals surface area contributed by atoms with Gasteiger partial charge in [-0.1, -0.05) is 6.92 Å². The van der Waals surface area contributed by atoms with Gasteiger partial charge in [-0.2, -0.15) is 0 Å². The predicted molar refractivity (Wildman–Crippen MR) is 79.8 cm³/mol. The van der Waals surface area contributed by atoms with Crippen molar-refractivity contribution in [2.24, 2.45) is 0 Å². The zero-order valence-electron chi connectivity index (χ0n) is 13.0. The van der Waals surface area contributed by atoms with Crippen molar-refractivity contribution >= 4 is 5.91 Å². The third-order valence-electron chi connectivity index (χ3n) is 4.60. The normalized spacial score (nSPS) is 25.6. The van der Waals surface area contributed by atoms with Crippen molar-refractivity contribution in [2.75, 3.05) is 59.5 Å². The van der Waals surface area contributed by atoms with E-state index in [9.17, 15) is 4.79 Å². The quantitative estimate of drug-likeness (QED) is 0.687. The van der Waals surface area contributed by atoms with Crippen LogP contribution < -0.4 is 0 Å². The van der Waals surface area contributed by atoms with Gasteiger partial charge < -0.3 is 9.64 Å². The molecule has 0 saturated carbocycles. The van der Waals surface area contributed by atoms with E-state index in [-0.39, 0.29) is 0 Å². The van der Waals surface area contributed by atoms with Crippen LogP contribution in [0.25, 0.3) is 0 Å². The highest BCUT2D eigenvalue weighted by Gasteiger charge is 2.26. The molecule has 2 aliphatic rings. The predicted octanol–water partition coefficient (Wildman–Crippen LogP) is 0.651. The molecule has 1 amide bonds. The van der Waals surface area contributed by atoms with Crippen molar-refractivity contribution in [3.8, 4) is 0 Å². The number of carbonyl (C=O) groups is 1. The standard InChI is InChI=1S/C15H29N3O2/c1-3-14-13-16(7-9-17(14)11-12-20-2)8-10-18-6-4-5-15(18)19/h14H,3-13H2,1-2H3. The Morgan fingerprint density at radius 1 is 1.20 bits per heavy atom. The average Bonchev–Trinajstić information content (AvgIpc) is 2.88. The lowest BCUT2D eigenvalue weighted by Gasteiger charge is -2.41. The number of nitrogens with zero attached hydrogens (tertiary/aromatic N) is 3. The highest BCUT2D eigenvalue weighted by molar-refractivity contribution is 5.78. The van der Waals surface area contributed by atoms with Crippen LogP contribution in [0.15, 0.2) is 0 Å². The molecule has 1 unspecified atom stereocenters. The van der Waals surface area contributed by atoms with E-state index in [1.807, 2.05) is 4.90 Å². The average molecular weight is 283 g/mol. The molecule has 116 valence electrons. The molecular weight excluding hydrogens is 254 g/mol. The zero-order chi connectivity index (χ0) is 14.4. The molecule has 0 aromatic carbocycles. The maximum absolute atomic E-state index is 11.6. The fraction of sp³-hybridized carbons (Fsp3) is 0.933. The van der Waals surface area contributed by atoms with E-state index in [0.29, 0.717) is 11.9 Å². The van der Waals surface area contributed by atoms with Gasteiger partial charge in [-0.25, -0.2) is 0 Å². The first kappa shape index (κ1) is 15.7. The topological polar surface area (TPSA) is 36.0 Å². The minimum absolute atomic E-state index is 0.343. The van der Waals surface area contributed by atoms with E-state index in [1.54, 1.807) is 7.11 Å². The summed E-state index contributed by atoms with van der Waals surface area (Å²) in [6.07, 6.45) is 2.98. The van der Waals surface area contributed by atoms with Gasteiger partial charge in [0.1, 0.15) is 0 Å². The van der Waals surface area contributed by atoms with Crippen LogP contribution in [0.2, 0.25) is 0 Å². The molecule has 0 radical (unpaired) electrons. The van der Waals surface area contributed by atoms with Crippen molar-refractivity contribution in [2.45, 2.75) is 32.2 Å². The van der Waals surface area contributed by atoms with E-state index in [4.69, 9.17) is 4.74 Å². The van der Waals surface area contributed by atoms with Gasteiger partial charge in [0.15, 0.2) is 0 Å². The van der Waals surface area contributed by atoms with Crippen molar-refractivity contribution in [3.63, 3.8) is 0 Å². The number of ether oxygens (including phenoxy) is 1. The molecule has 2 rings (SSSR count). The third kappa shape index (κ3) is 4.17. The Hall–Kier alpha value is -0.650. The number of piperazine rings is 1. The molecule has 0 N–H and O–H groups in total. The van der Waals surface area contributed by atoms with Crippen LogP contribution in [-0.2, 0) is 9.53 Å². The van der Waals surface area contributed by atoms with Crippen LogP contribution in [0.4, 0.5) is 0 Å². The molecule has 0 bridgehead atoms. The summed E-state index contributed by atoms with van der Waals surface area (Å²) in [6, 6.07) is 0.633. The lowest BCUT2D eigenvalue weighted by molar-refractivity contribution is -0.127. The van der Waals surface area contributed by atoms with Crippen molar-refractivity contribution < 1.29 is 9.53 Å². The number of hydrogen-bond acceptors (Lipinski definition) is 4. The van der Waals surface area contributed by atoms with Gasteiger partial charge in [0.25, 0.3) is 0 Å². The minimum atomic E-state index is 0.343. The molecule has 0 aliphatic carbocycles. The first-order valence-electron chi connectivity index (χ1n) is 7.97. The summed E-state index contributed by atoms with van der Waals surface area (Å²) in [5.74, 6) is 0.343. The molecule has 0 spiro atoms. The molecule has 2 saturated heterocycles. The van der Waals surface area contributed by atoms with Gasteiger partial charge in [0, 0.05) is 65.4 Å². The Balaban J connectivity index is 1.73. The number of carbonyl (C=O) groups excluding carboxylic acids is 1. The number of likely N-dealkylation sites (tertiary alicyclic amines) is 1. The fourth-order valence-electron chi connectivity index (χ4n) is 3.25. The molecular formula is C15H29N3O2. The van der Waals surface area contributed by atoms with E-state index >= 15 is 0 Å². The maximum atomic E-state index is 11.6. The Labute approximate surface area is 122 Å². The van der Waals surface area contributed by atoms with Crippen LogP contribution in [0.5, 0.6) is 0 Å². The molecule has 0 aromatic rings. The molecule has 20 heavy (non-hydrogen) atoms. The maximum Gasteiger partial charge on any atom is 0.222 e. The van der Waals surface area contributed by atoms with Gasteiger partial charge in [-0.15, -0.1) is 0 Å². The second kappa shape index (κ2) is 7.96. The van der Waals surface area contributed by atoms with Gasteiger partial charge in [0.05, 0.1) is 6.61 Å². The number of rotatable bonds is 7. The van der Waals surface area contributed by atoms with Crippen LogP contribution in [0.3, 0.4) is 0 Å². The summed E-state index contributed by atoms with van der Waals surface area (Å²) < 4.78 is 5.19. The summed E-state index contributed by atoms with van der Waals surface area (Å²) in [4.78, 5) is 18.7. The number of hydrogen-bond donors (Lipinski definition) is 0.